The average Bonchev–Trinajstić information content (AvgIpc) is 2.29. The highest BCUT2D eigenvalue weighted by molar-refractivity contribution is 8.13. The molecule has 3 nitrogen and oxygen atoms in total. The predicted molar refractivity (Wildman–Crippen MR) is 60.5 cm³/mol. The molecule has 1 aromatic rings. The molecule has 1 aromatic heterocycles. The molecule has 0 radical (unpaired) electrons. The summed E-state index contributed by atoms with van der Waals surface area (Å²) in [4.78, 5) is 8.64. The molecule has 1 N–H and O–H groups in total. The van der Waals surface area contributed by atoms with Crippen LogP contribution in [0.25, 0.3) is 0 Å². The lowest BCUT2D eigenvalue weighted by atomic mass is 10.4. The highest BCUT2D eigenvalue weighted by Gasteiger charge is 2.04. The summed E-state index contributed by atoms with van der Waals surface area (Å²) in [5.41, 5.74) is 1.10. The van der Waals surface area contributed by atoms with E-state index in [1.54, 1.807) is 11.8 Å². The molecule has 0 saturated carbocycles. The molecule has 2 rings (SSSR count). The Bertz CT molecular complexity index is 310. The lowest BCUT2D eigenvalue weighted by Crippen LogP contribution is -2.26. The highest BCUT2D eigenvalue weighted by atomic mass is 32.2. The van der Waals surface area contributed by atoms with Crippen molar-refractivity contribution in [2.45, 2.75) is 12.2 Å². The summed E-state index contributed by atoms with van der Waals surface area (Å²) in [6.45, 7) is 2.01. The lowest BCUT2D eigenvalue weighted by Gasteiger charge is -2.13. The number of hydrogen-bond acceptors (Lipinski definition) is 4. The van der Waals surface area contributed by atoms with E-state index in [0.717, 1.165) is 36.1 Å². The molecule has 2 heterocycles. The van der Waals surface area contributed by atoms with Gasteiger partial charge in [0.2, 0.25) is 0 Å². The third-order valence-corrected chi connectivity index (χ3v) is 2.94. The van der Waals surface area contributed by atoms with Crippen molar-refractivity contribution in [3.8, 4) is 0 Å². The number of rotatable bonds is 2. The van der Waals surface area contributed by atoms with Gasteiger partial charge in [-0.05, 0) is 18.6 Å². The van der Waals surface area contributed by atoms with Gasteiger partial charge in [-0.2, -0.15) is 0 Å². The third-order valence-electron chi connectivity index (χ3n) is 1.95. The van der Waals surface area contributed by atoms with Crippen molar-refractivity contribution in [1.82, 2.24) is 10.3 Å². The molecule has 1 aliphatic rings. The molecule has 4 heteroatoms. The van der Waals surface area contributed by atoms with Crippen LogP contribution in [0, 0.1) is 0 Å². The van der Waals surface area contributed by atoms with Crippen molar-refractivity contribution in [3.05, 3.63) is 30.1 Å². The van der Waals surface area contributed by atoms with E-state index in [4.69, 9.17) is 0 Å². The van der Waals surface area contributed by atoms with Crippen molar-refractivity contribution in [2.24, 2.45) is 4.99 Å². The van der Waals surface area contributed by atoms with Gasteiger partial charge in [0.25, 0.3) is 0 Å². The number of aliphatic imine (C=N–C) groups is 1. The fourth-order valence-electron chi connectivity index (χ4n) is 1.23. The SMILES string of the molecule is c1ccc(CSC2=NCCCN2)nc1. The zero-order valence-electron chi connectivity index (χ0n) is 7.94. The molecule has 0 atom stereocenters. The quantitative estimate of drug-likeness (QED) is 0.801. The lowest BCUT2D eigenvalue weighted by molar-refractivity contribution is 0.751. The summed E-state index contributed by atoms with van der Waals surface area (Å²) in [7, 11) is 0. The molecule has 0 amide bonds. The van der Waals surface area contributed by atoms with Gasteiger partial charge in [0.15, 0.2) is 5.17 Å². The van der Waals surface area contributed by atoms with Gasteiger partial charge >= 0.3 is 0 Å². The normalized spacial score (nSPS) is 15.9. The van der Waals surface area contributed by atoms with E-state index in [9.17, 15) is 0 Å². The van der Waals surface area contributed by atoms with Crippen LogP contribution in [0.3, 0.4) is 0 Å². The first-order valence-corrected chi connectivity index (χ1v) is 5.75. The summed E-state index contributed by atoms with van der Waals surface area (Å²) in [6, 6.07) is 5.99. The number of nitrogens with one attached hydrogen (secondary N) is 1. The number of aromatic nitrogens is 1. The maximum atomic E-state index is 4.39. The molecular formula is C10H13N3S. The van der Waals surface area contributed by atoms with Crippen LogP contribution in [0.4, 0.5) is 0 Å². The molecule has 0 spiro atoms. The maximum Gasteiger partial charge on any atom is 0.156 e. The Balaban J connectivity index is 1.85. The van der Waals surface area contributed by atoms with Crippen LogP contribution >= 0.6 is 11.8 Å². The number of amidine groups is 1. The Morgan fingerprint density at radius 1 is 1.43 bits per heavy atom. The average molecular weight is 207 g/mol. The smallest absolute Gasteiger partial charge is 0.156 e. The minimum Gasteiger partial charge on any atom is -0.365 e. The molecule has 0 unspecified atom stereocenters. The standard InChI is InChI=1S/C10H13N3S/c1-2-5-11-9(4-1)8-14-10-12-6-3-7-13-10/h1-2,4-5H,3,6-8H2,(H,12,13). The summed E-state index contributed by atoms with van der Waals surface area (Å²) < 4.78 is 0. The molecule has 0 aliphatic carbocycles. The minimum atomic E-state index is 0.896. The topological polar surface area (TPSA) is 37.3 Å². The molecule has 0 fully saturated rings. The van der Waals surface area contributed by atoms with Gasteiger partial charge in [-0.1, -0.05) is 17.8 Å². The molecule has 0 saturated heterocycles. The Labute approximate surface area is 88.0 Å². The van der Waals surface area contributed by atoms with Crippen molar-refractivity contribution in [2.75, 3.05) is 13.1 Å². The van der Waals surface area contributed by atoms with Crippen molar-refractivity contribution in [1.29, 1.82) is 0 Å². The van der Waals surface area contributed by atoms with E-state index in [1.165, 1.54) is 0 Å². The summed E-state index contributed by atoms with van der Waals surface area (Å²) in [5.74, 6) is 0.896. The summed E-state index contributed by atoms with van der Waals surface area (Å²) in [5, 5.41) is 4.33. The predicted octanol–water partition coefficient (Wildman–Crippen LogP) is 1.66. The Hall–Kier alpha value is -1.03. The molecule has 1 aliphatic heterocycles. The number of thioether (sulfide) groups is 1. The van der Waals surface area contributed by atoms with Gasteiger partial charge in [0.05, 0.1) is 5.69 Å². The third kappa shape index (κ3) is 2.73. The van der Waals surface area contributed by atoms with Crippen molar-refractivity contribution < 1.29 is 0 Å². The second kappa shape index (κ2) is 5.00. The number of nitrogens with zero attached hydrogens (tertiary/aromatic N) is 2. The van der Waals surface area contributed by atoms with Crippen molar-refractivity contribution in [3.63, 3.8) is 0 Å². The van der Waals surface area contributed by atoms with Crippen LogP contribution in [-0.2, 0) is 5.75 Å². The molecular weight excluding hydrogens is 194 g/mol. The van der Waals surface area contributed by atoms with Crippen LogP contribution in [0.15, 0.2) is 29.4 Å². The van der Waals surface area contributed by atoms with Crippen LogP contribution < -0.4 is 5.32 Å². The molecule has 0 bridgehead atoms. The van der Waals surface area contributed by atoms with E-state index in [0.29, 0.717) is 0 Å². The van der Waals surface area contributed by atoms with Crippen LogP contribution in [0.2, 0.25) is 0 Å². The van der Waals surface area contributed by atoms with Gasteiger partial charge in [-0.3, -0.25) is 9.98 Å². The van der Waals surface area contributed by atoms with Gasteiger partial charge in [0.1, 0.15) is 0 Å². The van der Waals surface area contributed by atoms with Gasteiger partial charge in [0, 0.05) is 25.0 Å². The summed E-state index contributed by atoms with van der Waals surface area (Å²) >= 11 is 1.73. The minimum absolute atomic E-state index is 0.896. The maximum absolute atomic E-state index is 4.39. The molecule has 0 aromatic carbocycles. The van der Waals surface area contributed by atoms with Crippen LogP contribution in [-0.4, -0.2) is 23.2 Å². The van der Waals surface area contributed by atoms with Gasteiger partial charge in [-0.15, -0.1) is 0 Å². The van der Waals surface area contributed by atoms with Crippen LogP contribution in [0.1, 0.15) is 12.1 Å². The Morgan fingerprint density at radius 2 is 2.43 bits per heavy atom. The Morgan fingerprint density at radius 3 is 3.14 bits per heavy atom. The highest BCUT2D eigenvalue weighted by Crippen LogP contribution is 2.11. The summed E-state index contributed by atoms with van der Waals surface area (Å²) in [6.07, 6.45) is 2.97. The van der Waals surface area contributed by atoms with Gasteiger partial charge < -0.3 is 5.32 Å². The fourth-order valence-corrected chi connectivity index (χ4v) is 2.08. The number of hydrogen-bond donors (Lipinski definition) is 1. The van der Waals surface area contributed by atoms with E-state index < -0.39 is 0 Å². The zero-order chi connectivity index (χ0) is 9.64. The first-order valence-electron chi connectivity index (χ1n) is 4.76. The zero-order valence-corrected chi connectivity index (χ0v) is 8.76. The Kier molecular flexibility index (Phi) is 3.40. The van der Waals surface area contributed by atoms with Gasteiger partial charge in [-0.25, -0.2) is 0 Å². The first kappa shape index (κ1) is 9.52. The molecule has 74 valence electrons. The second-order valence-electron chi connectivity index (χ2n) is 3.08. The fraction of sp³-hybridized carbons (Fsp3) is 0.400. The van der Waals surface area contributed by atoms with Crippen molar-refractivity contribution >= 4 is 16.9 Å². The largest absolute Gasteiger partial charge is 0.365 e. The van der Waals surface area contributed by atoms with E-state index in [-0.39, 0.29) is 0 Å². The monoisotopic (exact) mass is 207 g/mol. The van der Waals surface area contributed by atoms with Crippen LogP contribution in [0.5, 0.6) is 0 Å². The van der Waals surface area contributed by atoms with E-state index in [1.807, 2.05) is 24.4 Å². The first-order chi connectivity index (χ1) is 6.95. The van der Waals surface area contributed by atoms with E-state index in [2.05, 4.69) is 15.3 Å². The molecule has 14 heavy (non-hydrogen) atoms. The number of pyridine rings is 1. The van der Waals surface area contributed by atoms with E-state index >= 15 is 0 Å². The second-order valence-corrected chi connectivity index (χ2v) is 4.04.